The van der Waals surface area contributed by atoms with Crippen molar-refractivity contribution in [3.63, 3.8) is 0 Å². The number of hydrogen-bond donors (Lipinski definition) is 1. The molecule has 4 nitrogen and oxygen atoms in total. The number of ether oxygens (including phenoxy) is 1. The molecule has 4 heteroatoms. The van der Waals surface area contributed by atoms with Gasteiger partial charge in [0.2, 0.25) is 0 Å². The first-order valence-electron chi connectivity index (χ1n) is 8.28. The van der Waals surface area contributed by atoms with E-state index in [-0.39, 0.29) is 12.0 Å². The molecule has 20 heavy (non-hydrogen) atoms. The van der Waals surface area contributed by atoms with Crippen LogP contribution in [0.15, 0.2) is 0 Å². The largest absolute Gasteiger partial charge is 0.465 e. The highest BCUT2D eigenvalue weighted by Crippen LogP contribution is 2.24. The van der Waals surface area contributed by atoms with Gasteiger partial charge in [-0.3, -0.25) is 4.79 Å². The average Bonchev–Trinajstić information content (AvgIpc) is 3.23. The molecule has 1 N–H and O–H groups in total. The van der Waals surface area contributed by atoms with E-state index in [0.29, 0.717) is 18.7 Å². The van der Waals surface area contributed by atoms with Crippen molar-refractivity contribution in [1.29, 1.82) is 0 Å². The van der Waals surface area contributed by atoms with Crippen LogP contribution in [0.25, 0.3) is 0 Å². The third-order valence-corrected chi connectivity index (χ3v) is 4.79. The normalized spacial score (nSPS) is 29.1. The van der Waals surface area contributed by atoms with Crippen molar-refractivity contribution in [3.05, 3.63) is 0 Å². The lowest BCUT2D eigenvalue weighted by Crippen LogP contribution is -2.46. The van der Waals surface area contributed by atoms with E-state index in [1.54, 1.807) is 0 Å². The van der Waals surface area contributed by atoms with Gasteiger partial charge in [-0.05, 0) is 58.4 Å². The third kappa shape index (κ3) is 4.45. The predicted octanol–water partition coefficient (Wildman–Crippen LogP) is 2.18. The molecule has 1 aliphatic heterocycles. The Balaban J connectivity index is 1.82. The second-order valence-electron chi connectivity index (χ2n) is 6.43. The topological polar surface area (TPSA) is 41.6 Å². The fourth-order valence-corrected chi connectivity index (χ4v) is 3.08. The summed E-state index contributed by atoms with van der Waals surface area (Å²) in [5.74, 6) is 0.693. The van der Waals surface area contributed by atoms with Gasteiger partial charge >= 0.3 is 5.97 Å². The molecule has 3 unspecified atom stereocenters. The first-order valence-corrected chi connectivity index (χ1v) is 8.28. The standard InChI is InChI=1S/C16H30N2O2/c1-4-20-16(19)15(17-14-7-8-14)9-11-18-10-5-6-12(2)13(18)3/h12-15,17H,4-11H2,1-3H3. The third-order valence-electron chi connectivity index (χ3n) is 4.79. The van der Waals surface area contributed by atoms with Gasteiger partial charge < -0.3 is 15.0 Å². The van der Waals surface area contributed by atoms with E-state index >= 15 is 0 Å². The molecule has 116 valence electrons. The summed E-state index contributed by atoms with van der Waals surface area (Å²) in [5.41, 5.74) is 0. The lowest BCUT2D eigenvalue weighted by Gasteiger charge is -2.38. The van der Waals surface area contributed by atoms with Crippen molar-refractivity contribution in [2.75, 3.05) is 19.7 Å². The van der Waals surface area contributed by atoms with Crippen LogP contribution in [0, 0.1) is 5.92 Å². The summed E-state index contributed by atoms with van der Waals surface area (Å²) >= 11 is 0. The Morgan fingerprint density at radius 3 is 2.75 bits per heavy atom. The maximum atomic E-state index is 12.0. The zero-order valence-electron chi connectivity index (χ0n) is 13.2. The van der Waals surface area contributed by atoms with Gasteiger partial charge in [0.15, 0.2) is 0 Å². The van der Waals surface area contributed by atoms with Crippen molar-refractivity contribution >= 4 is 5.97 Å². The molecule has 0 aromatic rings. The van der Waals surface area contributed by atoms with E-state index in [2.05, 4.69) is 24.1 Å². The highest BCUT2D eigenvalue weighted by atomic mass is 16.5. The molecule has 3 atom stereocenters. The highest BCUT2D eigenvalue weighted by molar-refractivity contribution is 5.75. The van der Waals surface area contributed by atoms with Gasteiger partial charge in [0.25, 0.3) is 0 Å². The molecule has 1 aliphatic carbocycles. The van der Waals surface area contributed by atoms with E-state index in [1.165, 1.54) is 32.2 Å². The van der Waals surface area contributed by atoms with Crippen LogP contribution in [0.1, 0.15) is 52.9 Å². The number of carbonyl (C=O) groups is 1. The van der Waals surface area contributed by atoms with Gasteiger partial charge in [0, 0.05) is 18.6 Å². The van der Waals surface area contributed by atoms with Crippen LogP contribution in [-0.2, 0) is 9.53 Å². The number of nitrogens with zero attached hydrogens (tertiary/aromatic N) is 1. The number of nitrogens with one attached hydrogen (secondary N) is 1. The number of hydrogen-bond acceptors (Lipinski definition) is 4. The molecule has 0 amide bonds. The monoisotopic (exact) mass is 282 g/mol. The smallest absolute Gasteiger partial charge is 0.323 e. The van der Waals surface area contributed by atoms with Gasteiger partial charge in [-0.15, -0.1) is 0 Å². The van der Waals surface area contributed by atoms with Gasteiger partial charge in [-0.1, -0.05) is 6.92 Å². The molecule has 1 saturated carbocycles. The van der Waals surface area contributed by atoms with E-state index in [9.17, 15) is 4.79 Å². The summed E-state index contributed by atoms with van der Waals surface area (Å²) in [6.45, 7) is 9.16. The number of carbonyl (C=O) groups excluding carboxylic acids is 1. The second-order valence-corrected chi connectivity index (χ2v) is 6.43. The molecule has 0 aromatic carbocycles. The van der Waals surface area contributed by atoms with Crippen LogP contribution >= 0.6 is 0 Å². The number of esters is 1. The molecular weight excluding hydrogens is 252 g/mol. The molecule has 0 spiro atoms. The maximum Gasteiger partial charge on any atom is 0.323 e. The zero-order valence-corrected chi connectivity index (χ0v) is 13.2. The Morgan fingerprint density at radius 2 is 2.10 bits per heavy atom. The summed E-state index contributed by atoms with van der Waals surface area (Å²) in [6.07, 6.45) is 5.89. The number of likely N-dealkylation sites (tertiary alicyclic amines) is 1. The van der Waals surface area contributed by atoms with Gasteiger partial charge in [-0.25, -0.2) is 0 Å². The van der Waals surface area contributed by atoms with Crippen LogP contribution in [0.2, 0.25) is 0 Å². The summed E-state index contributed by atoms with van der Waals surface area (Å²) in [5, 5.41) is 3.44. The SMILES string of the molecule is CCOC(=O)C(CCN1CCCC(C)C1C)NC1CC1. The summed E-state index contributed by atoms with van der Waals surface area (Å²) < 4.78 is 5.20. The van der Waals surface area contributed by atoms with Crippen molar-refractivity contribution in [2.45, 2.75) is 71.0 Å². The lowest BCUT2D eigenvalue weighted by atomic mass is 9.92. The molecule has 2 rings (SSSR count). The zero-order chi connectivity index (χ0) is 14.5. The van der Waals surface area contributed by atoms with Crippen LogP contribution in [0.3, 0.4) is 0 Å². The van der Waals surface area contributed by atoms with Gasteiger partial charge in [0.05, 0.1) is 6.61 Å². The van der Waals surface area contributed by atoms with Crippen LogP contribution in [-0.4, -0.2) is 48.7 Å². The molecule has 0 aromatic heterocycles. The minimum Gasteiger partial charge on any atom is -0.465 e. The highest BCUT2D eigenvalue weighted by Gasteiger charge is 2.31. The summed E-state index contributed by atoms with van der Waals surface area (Å²) in [6, 6.07) is 1.06. The van der Waals surface area contributed by atoms with Crippen LogP contribution < -0.4 is 5.32 Å². The molecule has 1 saturated heterocycles. The molecule has 2 fully saturated rings. The maximum absolute atomic E-state index is 12.0. The van der Waals surface area contributed by atoms with Crippen molar-refractivity contribution in [2.24, 2.45) is 5.92 Å². The molecule has 0 bridgehead atoms. The molecule has 0 radical (unpaired) electrons. The molecular formula is C16H30N2O2. The molecule has 1 heterocycles. The Kier molecular flexibility index (Phi) is 5.85. The van der Waals surface area contributed by atoms with E-state index < -0.39 is 0 Å². The minimum absolute atomic E-state index is 0.0721. The number of rotatable bonds is 7. The van der Waals surface area contributed by atoms with E-state index in [4.69, 9.17) is 4.74 Å². The summed E-state index contributed by atoms with van der Waals surface area (Å²) in [7, 11) is 0. The van der Waals surface area contributed by atoms with E-state index in [1.807, 2.05) is 6.92 Å². The van der Waals surface area contributed by atoms with Crippen molar-refractivity contribution in [3.8, 4) is 0 Å². The fraction of sp³-hybridized carbons (Fsp3) is 0.938. The van der Waals surface area contributed by atoms with E-state index in [0.717, 1.165) is 18.9 Å². The fourth-order valence-electron chi connectivity index (χ4n) is 3.08. The van der Waals surface area contributed by atoms with Crippen molar-refractivity contribution < 1.29 is 9.53 Å². The lowest BCUT2D eigenvalue weighted by molar-refractivity contribution is -0.146. The first kappa shape index (κ1) is 15.8. The van der Waals surface area contributed by atoms with Gasteiger partial charge in [-0.2, -0.15) is 0 Å². The minimum atomic E-state index is -0.119. The van der Waals surface area contributed by atoms with Crippen LogP contribution in [0.4, 0.5) is 0 Å². The van der Waals surface area contributed by atoms with Gasteiger partial charge in [0.1, 0.15) is 6.04 Å². The number of piperidine rings is 1. The Bertz CT molecular complexity index is 318. The molecule has 2 aliphatic rings. The Hall–Kier alpha value is -0.610. The van der Waals surface area contributed by atoms with Crippen molar-refractivity contribution in [1.82, 2.24) is 10.2 Å². The Labute approximate surface area is 123 Å². The van der Waals surface area contributed by atoms with Crippen LogP contribution in [0.5, 0.6) is 0 Å². The predicted molar refractivity (Wildman–Crippen MR) is 80.6 cm³/mol. The quantitative estimate of drug-likeness (QED) is 0.727. The average molecular weight is 282 g/mol. The first-order chi connectivity index (χ1) is 9.61. The second kappa shape index (κ2) is 7.41. The Morgan fingerprint density at radius 1 is 1.35 bits per heavy atom. The summed E-state index contributed by atoms with van der Waals surface area (Å²) in [4.78, 5) is 14.6.